The predicted octanol–water partition coefficient (Wildman–Crippen LogP) is -0.841. The van der Waals surface area contributed by atoms with Crippen LogP contribution < -0.4 is 4.90 Å². The molecule has 0 saturated heterocycles. The smallest absolute Gasteiger partial charge is 0.266 e. The number of carbonyl (C=O) groups is 3. The average molecular weight is 277 g/mol. The van der Waals surface area contributed by atoms with Crippen molar-refractivity contribution < 1.29 is 24.0 Å². The fourth-order valence-corrected chi connectivity index (χ4v) is 2.00. The van der Waals surface area contributed by atoms with Crippen molar-refractivity contribution in [3.63, 3.8) is 0 Å². The van der Waals surface area contributed by atoms with Crippen LogP contribution >= 0.6 is 0 Å². The minimum Gasteiger partial charge on any atom is -0.450 e. The van der Waals surface area contributed by atoms with Crippen LogP contribution in [0.3, 0.4) is 0 Å². The number of ether oxygens (including phenoxy) is 1. The second-order valence-corrected chi connectivity index (χ2v) is 5.04. The van der Waals surface area contributed by atoms with Gasteiger partial charge in [-0.1, -0.05) is 0 Å². The van der Waals surface area contributed by atoms with E-state index in [9.17, 15) is 14.4 Å². The van der Waals surface area contributed by atoms with E-state index >= 15 is 0 Å². The summed E-state index contributed by atoms with van der Waals surface area (Å²) in [5.41, 5.74) is -0.828. The van der Waals surface area contributed by atoms with Crippen molar-refractivity contribution in [1.29, 1.82) is 0 Å². The van der Waals surface area contributed by atoms with E-state index in [1.807, 2.05) is 7.05 Å². The van der Waals surface area contributed by atoms with Gasteiger partial charge < -0.3 is 9.64 Å². The molecule has 0 fully saturated rings. The zero-order valence-electron chi connectivity index (χ0n) is 11.9. The summed E-state index contributed by atoms with van der Waals surface area (Å²) in [7, 11) is 3.47. The average Bonchev–Trinajstić information content (AvgIpc) is 2.42. The normalized spacial score (nSPS) is 30.3. The Bertz CT molecular complexity index is 588. The second-order valence-electron chi connectivity index (χ2n) is 5.04. The highest BCUT2D eigenvalue weighted by molar-refractivity contribution is 6.44. The van der Waals surface area contributed by atoms with Crippen LogP contribution in [0.5, 0.6) is 0 Å². The van der Waals surface area contributed by atoms with Crippen molar-refractivity contribution in [2.75, 3.05) is 14.1 Å². The Kier molecular flexibility index (Phi) is 3.35. The van der Waals surface area contributed by atoms with Crippen molar-refractivity contribution in [3.05, 3.63) is 36.0 Å². The molecule has 0 amide bonds. The van der Waals surface area contributed by atoms with E-state index in [-0.39, 0.29) is 11.5 Å². The summed E-state index contributed by atoms with van der Waals surface area (Å²) >= 11 is 0. The summed E-state index contributed by atoms with van der Waals surface area (Å²) in [4.78, 5) is 38.0. The maximum atomic E-state index is 12.1. The summed E-state index contributed by atoms with van der Waals surface area (Å²) < 4.78 is 5.67. The van der Waals surface area contributed by atoms with Gasteiger partial charge in [0.15, 0.2) is 5.70 Å². The Morgan fingerprint density at radius 1 is 1.20 bits per heavy atom. The van der Waals surface area contributed by atoms with E-state index in [1.54, 1.807) is 20.2 Å². The van der Waals surface area contributed by atoms with Crippen LogP contribution in [0.1, 0.15) is 13.8 Å². The summed E-state index contributed by atoms with van der Waals surface area (Å²) in [6.07, 6.45) is 5.75. The third-order valence-corrected chi connectivity index (χ3v) is 3.71. The number of hydrogen-bond acceptors (Lipinski definition) is 5. The maximum Gasteiger partial charge on any atom is 0.266 e. The molecule has 0 aromatic carbocycles. The summed E-state index contributed by atoms with van der Waals surface area (Å²) in [6, 6.07) is 0. The Morgan fingerprint density at radius 2 is 1.85 bits per heavy atom. The van der Waals surface area contributed by atoms with Crippen molar-refractivity contribution in [2.24, 2.45) is 0 Å². The van der Waals surface area contributed by atoms with Gasteiger partial charge in [0.1, 0.15) is 6.20 Å². The maximum absolute atomic E-state index is 12.1. The van der Waals surface area contributed by atoms with Gasteiger partial charge in [0.2, 0.25) is 23.1 Å². The van der Waals surface area contributed by atoms with Crippen LogP contribution in [-0.4, -0.2) is 42.1 Å². The molecule has 2 unspecified atom stereocenters. The molecule has 6 nitrogen and oxygen atoms in total. The molecule has 0 aromatic heterocycles. The molecule has 2 aliphatic heterocycles. The van der Waals surface area contributed by atoms with Crippen LogP contribution in [0.25, 0.3) is 0 Å². The zero-order chi connectivity index (χ0) is 15.1. The number of rotatable bonds is 2. The van der Waals surface area contributed by atoms with E-state index < -0.39 is 17.3 Å². The van der Waals surface area contributed by atoms with Crippen molar-refractivity contribution >= 4 is 17.3 Å². The summed E-state index contributed by atoms with van der Waals surface area (Å²) in [6.45, 7) is 3.23. The lowest BCUT2D eigenvalue weighted by Crippen LogP contribution is -3.02. The number of allylic oxidation sites excluding steroid dienone is 3. The highest BCUT2D eigenvalue weighted by Crippen LogP contribution is 2.26. The lowest BCUT2D eigenvalue weighted by atomic mass is 10.0. The third kappa shape index (κ3) is 2.08. The van der Waals surface area contributed by atoms with E-state index in [2.05, 4.69) is 0 Å². The van der Waals surface area contributed by atoms with E-state index in [4.69, 9.17) is 4.74 Å². The Hall–Kier alpha value is -2.21. The largest absolute Gasteiger partial charge is 0.450 e. The molecule has 6 heteroatoms. The van der Waals surface area contributed by atoms with Gasteiger partial charge in [0, 0.05) is 39.2 Å². The van der Waals surface area contributed by atoms with Crippen molar-refractivity contribution in [1.82, 2.24) is 4.90 Å². The van der Waals surface area contributed by atoms with Gasteiger partial charge >= 0.3 is 0 Å². The van der Waals surface area contributed by atoms with Gasteiger partial charge in [0.05, 0.1) is 7.05 Å². The molecule has 20 heavy (non-hydrogen) atoms. The molecular weight excluding hydrogens is 260 g/mol. The summed E-state index contributed by atoms with van der Waals surface area (Å²) in [5, 5.41) is 0. The number of Topliss-reactive ketones (excluding diaryl/α,β-unsaturated/α-hetero) is 1. The molecule has 106 valence electrons. The van der Waals surface area contributed by atoms with Crippen LogP contribution in [0.15, 0.2) is 36.0 Å². The van der Waals surface area contributed by atoms with E-state index in [0.29, 0.717) is 5.70 Å². The fourth-order valence-electron chi connectivity index (χ4n) is 2.00. The van der Waals surface area contributed by atoms with Crippen LogP contribution in [-0.2, 0) is 19.1 Å². The molecule has 0 spiro atoms. The molecule has 0 bridgehead atoms. The lowest BCUT2D eigenvalue weighted by molar-refractivity contribution is -0.783. The number of hydrogen-bond donors (Lipinski definition) is 1. The molecule has 0 radical (unpaired) electrons. The first kappa shape index (κ1) is 14.2. The number of nitrogens with one attached hydrogen (secondary N) is 1. The SMILES string of the molecule is CC1=C(OC2(C)C(=O)C(=O)C=CN2C)C(=O)C=C[NH+]1C. The minimum atomic E-state index is -1.50. The first-order chi connectivity index (χ1) is 9.27. The number of carbonyl (C=O) groups excluding carboxylic acids is 3. The van der Waals surface area contributed by atoms with Gasteiger partial charge in [0.25, 0.3) is 5.78 Å². The number of likely N-dealkylation sites (N-methyl/N-ethyl adjacent to an activating group) is 1. The molecule has 0 saturated carbocycles. The Morgan fingerprint density at radius 3 is 2.50 bits per heavy atom. The molecule has 2 heterocycles. The highest BCUT2D eigenvalue weighted by atomic mass is 16.5. The molecule has 2 aliphatic rings. The minimum absolute atomic E-state index is 0.107. The Labute approximate surface area is 117 Å². The van der Waals surface area contributed by atoms with E-state index in [0.717, 1.165) is 4.90 Å². The zero-order valence-corrected chi connectivity index (χ0v) is 11.9. The van der Waals surface area contributed by atoms with Gasteiger partial charge in [-0.05, 0) is 0 Å². The van der Waals surface area contributed by atoms with Crippen LogP contribution in [0, 0.1) is 0 Å². The van der Waals surface area contributed by atoms with E-state index in [1.165, 1.54) is 30.2 Å². The summed E-state index contributed by atoms with van der Waals surface area (Å²) in [5.74, 6) is -1.53. The molecule has 0 aliphatic carbocycles. The first-order valence-corrected chi connectivity index (χ1v) is 6.23. The molecule has 1 N–H and O–H groups in total. The molecule has 2 rings (SSSR count). The lowest BCUT2D eigenvalue weighted by Gasteiger charge is -2.38. The number of ketones is 3. The fraction of sp³-hybridized carbons (Fsp3) is 0.357. The highest BCUT2D eigenvalue weighted by Gasteiger charge is 2.46. The molecule has 0 aromatic rings. The molecule has 2 atom stereocenters. The van der Waals surface area contributed by atoms with Crippen molar-refractivity contribution in [3.8, 4) is 0 Å². The predicted molar refractivity (Wildman–Crippen MR) is 70.1 cm³/mol. The van der Waals surface area contributed by atoms with Gasteiger partial charge in [-0.25, -0.2) is 0 Å². The van der Waals surface area contributed by atoms with Crippen LogP contribution in [0.2, 0.25) is 0 Å². The quantitative estimate of drug-likeness (QED) is 0.667. The Balaban J connectivity index is 2.40. The number of quaternary nitrogens is 1. The monoisotopic (exact) mass is 277 g/mol. The first-order valence-electron chi connectivity index (χ1n) is 6.23. The van der Waals surface area contributed by atoms with Gasteiger partial charge in [-0.3, -0.25) is 19.3 Å². The van der Waals surface area contributed by atoms with Gasteiger partial charge in [-0.15, -0.1) is 0 Å². The third-order valence-electron chi connectivity index (χ3n) is 3.71. The standard InChI is InChI=1S/C14H16N2O4/c1-9-12(10(17)5-7-15(9)3)20-14(2)13(19)11(18)6-8-16(14)4/h5-8H,1-4H3/p+1. The second kappa shape index (κ2) is 4.72. The van der Waals surface area contributed by atoms with Crippen LogP contribution in [0.4, 0.5) is 0 Å². The topological polar surface area (TPSA) is 68.1 Å². The van der Waals surface area contributed by atoms with Gasteiger partial charge in [-0.2, -0.15) is 0 Å². The number of nitrogens with zero attached hydrogens (tertiary/aromatic N) is 1. The van der Waals surface area contributed by atoms with Crippen molar-refractivity contribution in [2.45, 2.75) is 19.6 Å². The molecular formula is C14H17N2O4+.